The minimum absolute atomic E-state index is 0.636. The molecule has 0 aliphatic carbocycles. The number of hydrogen-bond donors (Lipinski definition) is 0. The molecule has 2 heterocycles. The highest BCUT2D eigenvalue weighted by atomic mass is 15.0. The molecule has 0 N–H and O–H groups in total. The van der Waals surface area contributed by atoms with Gasteiger partial charge in [-0.05, 0) is 69.8 Å². The van der Waals surface area contributed by atoms with E-state index in [1.165, 1.54) is 44.1 Å². The number of rotatable bonds is 7. The van der Waals surface area contributed by atoms with Gasteiger partial charge < -0.3 is 4.57 Å². The first kappa shape index (κ1) is 32.2. The van der Waals surface area contributed by atoms with Crippen molar-refractivity contribution in [1.29, 1.82) is 0 Å². The molecule has 258 valence electrons. The number of aromatic nitrogens is 4. The summed E-state index contributed by atoms with van der Waals surface area (Å²) in [6.07, 6.45) is 0. The number of para-hydroxylation sites is 1. The predicted octanol–water partition coefficient (Wildman–Crippen LogP) is 13.0. The van der Waals surface area contributed by atoms with Crippen molar-refractivity contribution in [2.75, 3.05) is 0 Å². The molecule has 55 heavy (non-hydrogen) atoms. The molecule has 0 radical (unpaired) electrons. The number of fused-ring (bicyclic) bond motifs is 3. The maximum atomic E-state index is 4.99. The summed E-state index contributed by atoms with van der Waals surface area (Å²) < 4.78 is 2.40. The van der Waals surface area contributed by atoms with Gasteiger partial charge in [0, 0.05) is 33.2 Å². The fourth-order valence-electron chi connectivity index (χ4n) is 7.54. The summed E-state index contributed by atoms with van der Waals surface area (Å²) in [6, 6.07) is 72.4. The summed E-state index contributed by atoms with van der Waals surface area (Å²) in [5, 5.41) is 2.46. The summed E-state index contributed by atoms with van der Waals surface area (Å²) in [4.78, 5) is 14.9. The molecule has 0 bridgehead atoms. The van der Waals surface area contributed by atoms with Gasteiger partial charge >= 0.3 is 0 Å². The molecule has 4 nitrogen and oxygen atoms in total. The van der Waals surface area contributed by atoms with Gasteiger partial charge in [0.1, 0.15) is 0 Å². The lowest BCUT2D eigenvalue weighted by molar-refractivity contribution is 1.07. The Hall–Kier alpha value is -7.43. The van der Waals surface area contributed by atoms with E-state index in [-0.39, 0.29) is 0 Å². The van der Waals surface area contributed by atoms with Crippen LogP contribution in [0.5, 0.6) is 0 Å². The Morgan fingerprint density at radius 2 is 0.673 bits per heavy atom. The number of hydrogen-bond acceptors (Lipinski definition) is 3. The third kappa shape index (κ3) is 6.16. The highest BCUT2D eigenvalue weighted by Gasteiger charge is 2.16. The fourth-order valence-corrected chi connectivity index (χ4v) is 7.54. The van der Waals surface area contributed by atoms with E-state index in [2.05, 4.69) is 150 Å². The van der Waals surface area contributed by atoms with Crippen molar-refractivity contribution >= 4 is 21.8 Å². The van der Waals surface area contributed by atoms with Gasteiger partial charge in [-0.3, -0.25) is 0 Å². The van der Waals surface area contributed by atoms with Crippen LogP contribution < -0.4 is 0 Å². The summed E-state index contributed by atoms with van der Waals surface area (Å²) in [7, 11) is 0. The summed E-state index contributed by atoms with van der Waals surface area (Å²) in [6.45, 7) is 0. The molecule has 0 unspecified atom stereocenters. The van der Waals surface area contributed by atoms with Crippen LogP contribution >= 0.6 is 0 Å². The van der Waals surface area contributed by atoms with Crippen LogP contribution in [0.1, 0.15) is 0 Å². The van der Waals surface area contributed by atoms with Crippen molar-refractivity contribution in [2.45, 2.75) is 0 Å². The topological polar surface area (TPSA) is 43.6 Å². The lowest BCUT2D eigenvalue weighted by Gasteiger charge is -2.12. The molecule has 0 aliphatic heterocycles. The minimum atomic E-state index is 0.636. The van der Waals surface area contributed by atoms with Crippen LogP contribution in [0.15, 0.2) is 206 Å². The largest absolute Gasteiger partial charge is 0.309 e. The first-order chi connectivity index (χ1) is 27.2. The molecule has 8 aromatic carbocycles. The Labute approximate surface area is 319 Å². The molecule has 0 amide bonds. The molecule has 0 aliphatic rings. The van der Waals surface area contributed by atoms with Crippen molar-refractivity contribution in [1.82, 2.24) is 19.5 Å². The Balaban J connectivity index is 1.07. The van der Waals surface area contributed by atoms with E-state index in [0.717, 1.165) is 33.5 Å². The summed E-state index contributed by atoms with van der Waals surface area (Å²) in [5.41, 5.74) is 13.3. The average Bonchev–Trinajstić information content (AvgIpc) is 3.61. The number of benzene rings is 8. The van der Waals surface area contributed by atoms with E-state index in [4.69, 9.17) is 15.0 Å². The Morgan fingerprint density at radius 3 is 1.31 bits per heavy atom. The third-order valence-corrected chi connectivity index (χ3v) is 10.2. The van der Waals surface area contributed by atoms with Crippen molar-refractivity contribution in [3.63, 3.8) is 0 Å². The van der Waals surface area contributed by atoms with Crippen molar-refractivity contribution in [3.8, 4) is 73.2 Å². The van der Waals surface area contributed by atoms with Crippen molar-refractivity contribution in [2.24, 2.45) is 0 Å². The molecule has 0 atom stereocenters. The maximum Gasteiger partial charge on any atom is 0.164 e. The Morgan fingerprint density at radius 1 is 0.255 bits per heavy atom. The molecule has 0 saturated heterocycles. The molecular formula is C51H34N4. The molecular weight excluding hydrogens is 669 g/mol. The van der Waals surface area contributed by atoms with E-state index < -0.39 is 0 Å². The van der Waals surface area contributed by atoms with Crippen LogP contribution in [0.2, 0.25) is 0 Å². The molecule has 2 aromatic heterocycles. The fraction of sp³-hybridized carbons (Fsp3) is 0. The molecule has 0 spiro atoms. The average molecular weight is 703 g/mol. The lowest BCUT2D eigenvalue weighted by atomic mass is 9.98. The lowest BCUT2D eigenvalue weighted by Crippen LogP contribution is -2.00. The van der Waals surface area contributed by atoms with Crippen LogP contribution in [0.25, 0.3) is 95.0 Å². The van der Waals surface area contributed by atoms with E-state index >= 15 is 0 Å². The second kappa shape index (κ2) is 13.8. The van der Waals surface area contributed by atoms with Crippen molar-refractivity contribution < 1.29 is 0 Å². The summed E-state index contributed by atoms with van der Waals surface area (Å²) in [5.74, 6) is 1.93. The highest BCUT2D eigenvalue weighted by molar-refractivity contribution is 6.10. The van der Waals surface area contributed by atoms with E-state index in [1.807, 2.05) is 60.7 Å². The van der Waals surface area contributed by atoms with E-state index in [9.17, 15) is 0 Å². The van der Waals surface area contributed by atoms with Crippen LogP contribution in [-0.2, 0) is 0 Å². The Kier molecular flexibility index (Phi) is 8.12. The van der Waals surface area contributed by atoms with Crippen LogP contribution in [-0.4, -0.2) is 19.5 Å². The van der Waals surface area contributed by atoms with Gasteiger partial charge in [-0.15, -0.1) is 0 Å². The van der Waals surface area contributed by atoms with Crippen molar-refractivity contribution in [3.05, 3.63) is 206 Å². The Bertz CT molecular complexity index is 2910. The zero-order chi connectivity index (χ0) is 36.6. The van der Waals surface area contributed by atoms with Crippen LogP contribution in [0.4, 0.5) is 0 Å². The summed E-state index contributed by atoms with van der Waals surface area (Å²) >= 11 is 0. The van der Waals surface area contributed by atoms with Gasteiger partial charge in [-0.1, -0.05) is 170 Å². The monoisotopic (exact) mass is 702 g/mol. The van der Waals surface area contributed by atoms with Gasteiger partial charge in [0.15, 0.2) is 17.5 Å². The van der Waals surface area contributed by atoms with E-state index in [1.54, 1.807) is 0 Å². The number of nitrogens with zero attached hydrogens (tertiary/aromatic N) is 4. The molecule has 10 rings (SSSR count). The standard InChI is InChI=1S/C51H34N4/c1-4-15-35(16-5-1)38-21-12-22-39(31-38)42-29-30-46-45-27-10-11-28-47(45)55(48(46)34-42)44-26-14-24-41(33-44)40-23-13-25-43(32-40)51-53-49(36-17-6-2-7-18-36)52-50(54-51)37-19-8-3-9-20-37/h1-34H. The first-order valence-corrected chi connectivity index (χ1v) is 18.5. The quantitative estimate of drug-likeness (QED) is 0.166. The second-order valence-corrected chi connectivity index (χ2v) is 13.7. The SMILES string of the molecule is c1ccc(-c2cccc(-c3ccc4c5ccccc5n(-c5cccc(-c6cccc(-c7nc(-c8ccccc8)nc(-c8ccccc8)n7)c6)c5)c4c3)c2)cc1. The minimum Gasteiger partial charge on any atom is -0.309 e. The zero-order valence-electron chi connectivity index (χ0n) is 29.9. The van der Waals surface area contributed by atoms with Crippen LogP contribution in [0, 0.1) is 0 Å². The molecule has 10 aromatic rings. The van der Waals surface area contributed by atoms with Gasteiger partial charge in [0.05, 0.1) is 11.0 Å². The van der Waals surface area contributed by atoms with Gasteiger partial charge in [-0.25, -0.2) is 15.0 Å². The second-order valence-electron chi connectivity index (χ2n) is 13.7. The molecule has 0 fully saturated rings. The van der Waals surface area contributed by atoms with Gasteiger partial charge in [-0.2, -0.15) is 0 Å². The zero-order valence-corrected chi connectivity index (χ0v) is 29.9. The van der Waals surface area contributed by atoms with Gasteiger partial charge in [0.2, 0.25) is 0 Å². The maximum absolute atomic E-state index is 4.99. The van der Waals surface area contributed by atoms with Crippen LogP contribution in [0.3, 0.4) is 0 Å². The normalized spacial score (nSPS) is 11.3. The van der Waals surface area contributed by atoms with Gasteiger partial charge in [0.25, 0.3) is 0 Å². The highest BCUT2D eigenvalue weighted by Crippen LogP contribution is 2.37. The molecule has 0 saturated carbocycles. The molecule has 4 heteroatoms. The van der Waals surface area contributed by atoms with E-state index in [0.29, 0.717) is 17.5 Å². The predicted molar refractivity (Wildman–Crippen MR) is 227 cm³/mol. The first-order valence-electron chi connectivity index (χ1n) is 18.5. The smallest absolute Gasteiger partial charge is 0.164 e. The third-order valence-electron chi connectivity index (χ3n) is 10.2.